The van der Waals surface area contributed by atoms with Gasteiger partial charge in [-0.1, -0.05) is 18.5 Å². The van der Waals surface area contributed by atoms with Crippen LogP contribution in [0, 0.1) is 0 Å². The van der Waals surface area contributed by atoms with Crippen LogP contribution in [-0.4, -0.2) is 40.5 Å². The Morgan fingerprint density at radius 1 is 1.42 bits per heavy atom. The summed E-state index contributed by atoms with van der Waals surface area (Å²) < 4.78 is 5.46. The fourth-order valence-electron chi connectivity index (χ4n) is 1.78. The molecule has 10 nitrogen and oxygen atoms in total. The van der Waals surface area contributed by atoms with Gasteiger partial charge in [0.25, 0.3) is 11.5 Å². The lowest BCUT2D eigenvalue weighted by Crippen LogP contribution is -2.31. The summed E-state index contributed by atoms with van der Waals surface area (Å²) in [6.07, 6.45) is 2.29. The number of aromatic amines is 2. The van der Waals surface area contributed by atoms with E-state index in [-0.39, 0.29) is 12.4 Å². The smallest absolute Gasteiger partial charge is 0.342 e. The normalized spacial score (nSPS) is 10.7. The highest BCUT2D eigenvalue weighted by molar-refractivity contribution is 6.32. The summed E-state index contributed by atoms with van der Waals surface area (Å²) in [7, 11) is 0. The minimum Gasteiger partial charge on any atom is -0.492 e. The predicted octanol–water partition coefficient (Wildman–Crippen LogP) is 0.463. The fraction of sp³-hybridized carbons (Fsp3) is 0.267. The molecule has 0 atom stereocenters. The number of carbonyl (C=O) groups is 1. The van der Waals surface area contributed by atoms with E-state index < -0.39 is 17.2 Å². The fourth-order valence-corrected chi connectivity index (χ4v) is 2.02. The maximum Gasteiger partial charge on any atom is 0.342 e. The second-order valence-electron chi connectivity index (χ2n) is 5.04. The number of nitrogens with zero attached hydrogens (tertiary/aromatic N) is 2. The zero-order valence-corrected chi connectivity index (χ0v) is 14.6. The Balaban J connectivity index is 1.85. The average Bonchev–Trinajstić information content (AvgIpc) is 2.60. The number of hydrazone groups is 1. The van der Waals surface area contributed by atoms with Gasteiger partial charge >= 0.3 is 5.69 Å². The molecule has 1 amide bonds. The molecule has 0 aliphatic rings. The Morgan fingerprint density at radius 3 is 2.92 bits per heavy atom. The standard InChI is InChI=1S/C15H17ClN6O4/c1-2-5-26-11-4-3-9(6-10(11)16)7-18-20-12(23)8-17-13-14(24)19-15(25)22-21-13/h3-4,6-7H,2,5,8H2,1H3,(H,17,21)(H,20,23)(H2,19,22,24,25)/b18-7+. The number of halogens is 1. The van der Waals surface area contributed by atoms with E-state index >= 15 is 0 Å². The maximum atomic E-state index is 11.7. The third kappa shape index (κ3) is 5.74. The quantitative estimate of drug-likeness (QED) is 0.387. The molecule has 11 heteroatoms. The van der Waals surface area contributed by atoms with Gasteiger partial charge in [-0.05, 0) is 30.2 Å². The van der Waals surface area contributed by atoms with E-state index in [0.717, 1.165) is 6.42 Å². The molecule has 1 aromatic carbocycles. The van der Waals surface area contributed by atoms with Crippen LogP contribution in [0.5, 0.6) is 5.75 Å². The van der Waals surface area contributed by atoms with Gasteiger partial charge in [0, 0.05) is 0 Å². The highest BCUT2D eigenvalue weighted by atomic mass is 35.5. The molecular weight excluding hydrogens is 364 g/mol. The maximum absolute atomic E-state index is 11.7. The van der Waals surface area contributed by atoms with Crippen molar-refractivity contribution in [3.05, 3.63) is 49.6 Å². The number of nitrogens with one attached hydrogen (secondary N) is 4. The van der Waals surface area contributed by atoms with Crippen LogP contribution in [0.2, 0.25) is 5.02 Å². The third-order valence-electron chi connectivity index (χ3n) is 2.95. The second-order valence-corrected chi connectivity index (χ2v) is 5.45. The first-order chi connectivity index (χ1) is 12.5. The van der Waals surface area contributed by atoms with Gasteiger partial charge in [-0.25, -0.2) is 15.3 Å². The molecule has 4 N–H and O–H groups in total. The number of ether oxygens (including phenoxy) is 1. The van der Waals surface area contributed by atoms with Crippen LogP contribution in [0.25, 0.3) is 0 Å². The van der Waals surface area contributed by atoms with E-state index in [2.05, 4.69) is 20.9 Å². The Hall–Kier alpha value is -3.14. The molecule has 2 aromatic rings. The van der Waals surface area contributed by atoms with Gasteiger partial charge in [0.1, 0.15) is 5.75 Å². The van der Waals surface area contributed by atoms with Gasteiger partial charge in [-0.2, -0.15) is 5.10 Å². The minimum atomic E-state index is -0.737. The largest absolute Gasteiger partial charge is 0.492 e. The van der Waals surface area contributed by atoms with Crippen LogP contribution in [0.15, 0.2) is 32.9 Å². The molecule has 0 unspecified atom stereocenters. The van der Waals surface area contributed by atoms with Gasteiger partial charge < -0.3 is 10.1 Å². The van der Waals surface area contributed by atoms with Crippen molar-refractivity contribution < 1.29 is 9.53 Å². The molecule has 0 aliphatic carbocycles. The molecule has 26 heavy (non-hydrogen) atoms. The summed E-state index contributed by atoms with van der Waals surface area (Å²) in [5.41, 5.74) is 1.49. The number of aromatic nitrogens is 3. The molecule has 0 radical (unpaired) electrons. The summed E-state index contributed by atoms with van der Waals surface area (Å²) in [5.74, 6) is -0.113. The first-order valence-corrected chi connectivity index (χ1v) is 8.04. The Bertz CT molecular complexity index is 907. The summed E-state index contributed by atoms with van der Waals surface area (Å²) in [4.78, 5) is 35.9. The van der Waals surface area contributed by atoms with Crippen molar-refractivity contribution in [3.8, 4) is 5.75 Å². The van der Waals surface area contributed by atoms with Crippen molar-refractivity contribution in [1.82, 2.24) is 20.6 Å². The van der Waals surface area contributed by atoms with Crippen LogP contribution < -0.4 is 26.7 Å². The molecule has 0 aliphatic heterocycles. The molecule has 0 saturated carbocycles. The van der Waals surface area contributed by atoms with Crippen molar-refractivity contribution in [2.24, 2.45) is 5.10 Å². The Labute approximate surface area is 152 Å². The lowest BCUT2D eigenvalue weighted by molar-refractivity contribution is -0.119. The Kier molecular flexibility index (Phi) is 6.92. The summed E-state index contributed by atoms with van der Waals surface area (Å²) in [6.45, 7) is 2.31. The number of H-pyrrole nitrogens is 2. The van der Waals surface area contributed by atoms with E-state index in [0.29, 0.717) is 22.9 Å². The average molecular weight is 381 g/mol. The van der Waals surface area contributed by atoms with Gasteiger partial charge in [-0.15, -0.1) is 5.10 Å². The van der Waals surface area contributed by atoms with Crippen LogP contribution in [0.4, 0.5) is 5.82 Å². The zero-order chi connectivity index (χ0) is 18.9. The number of anilines is 1. The molecule has 1 aromatic heterocycles. The van der Waals surface area contributed by atoms with Crippen molar-refractivity contribution in [3.63, 3.8) is 0 Å². The summed E-state index contributed by atoms with van der Waals surface area (Å²) in [6, 6.07) is 5.12. The molecule has 2 rings (SSSR count). The first-order valence-electron chi connectivity index (χ1n) is 7.66. The third-order valence-corrected chi connectivity index (χ3v) is 3.24. The number of benzene rings is 1. The first kappa shape index (κ1) is 19.2. The predicted molar refractivity (Wildman–Crippen MR) is 96.9 cm³/mol. The van der Waals surface area contributed by atoms with Crippen molar-refractivity contribution in [2.75, 3.05) is 18.5 Å². The molecule has 0 bridgehead atoms. The monoisotopic (exact) mass is 380 g/mol. The molecular formula is C15H17ClN6O4. The summed E-state index contributed by atoms with van der Waals surface area (Å²) in [5, 5.41) is 12.2. The van der Waals surface area contributed by atoms with Crippen molar-refractivity contribution in [1.29, 1.82) is 0 Å². The van der Waals surface area contributed by atoms with Gasteiger partial charge in [-0.3, -0.25) is 14.6 Å². The number of rotatable bonds is 8. The SMILES string of the molecule is CCCOc1ccc(/C=N/NC(=O)CNc2n[nH]c(=O)[nH]c2=O)cc1Cl. The molecule has 0 spiro atoms. The highest BCUT2D eigenvalue weighted by Crippen LogP contribution is 2.24. The van der Waals surface area contributed by atoms with E-state index in [4.69, 9.17) is 16.3 Å². The molecule has 0 fully saturated rings. The number of amides is 1. The summed E-state index contributed by atoms with van der Waals surface area (Å²) >= 11 is 6.10. The van der Waals surface area contributed by atoms with Crippen molar-refractivity contribution >= 4 is 29.5 Å². The Morgan fingerprint density at radius 2 is 2.23 bits per heavy atom. The van der Waals surface area contributed by atoms with Crippen LogP contribution in [0.3, 0.4) is 0 Å². The number of hydrogen-bond donors (Lipinski definition) is 4. The van der Waals surface area contributed by atoms with Gasteiger partial charge in [0.05, 0.1) is 24.4 Å². The van der Waals surface area contributed by atoms with E-state index in [1.165, 1.54) is 6.21 Å². The van der Waals surface area contributed by atoms with Crippen molar-refractivity contribution in [2.45, 2.75) is 13.3 Å². The zero-order valence-electron chi connectivity index (χ0n) is 13.8. The van der Waals surface area contributed by atoms with E-state index in [1.54, 1.807) is 18.2 Å². The molecule has 0 saturated heterocycles. The van der Waals surface area contributed by atoms with Gasteiger partial charge in [0.2, 0.25) is 5.82 Å². The van der Waals surface area contributed by atoms with Gasteiger partial charge in [0.15, 0.2) is 0 Å². The second kappa shape index (κ2) is 9.37. The van der Waals surface area contributed by atoms with Crippen LogP contribution in [0.1, 0.15) is 18.9 Å². The van der Waals surface area contributed by atoms with Crippen LogP contribution >= 0.6 is 11.6 Å². The van der Waals surface area contributed by atoms with E-state index in [1.807, 2.05) is 17.0 Å². The lowest BCUT2D eigenvalue weighted by atomic mass is 10.2. The molecule has 1 heterocycles. The molecule has 138 valence electrons. The highest BCUT2D eigenvalue weighted by Gasteiger charge is 2.05. The number of carbonyl (C=O) groups excluding carboxylic acids is 1. The van der Waals surface area contributed by atoms with E-state index in [9.17, 15) is 14.4 Å². The topological polar surface area (TPSA) is 141 Å². The minimum absolute atomic E-state index is 0.182. The van der Waals surface area contributed by atoms with Crippen LogP contribution in [-0.2, 0) is 4.79 Å². The number of hydrogen-bond acceptors (Lipinski definition) is 7. The lowest BCUT2D eigenvalue weighted by Gasteiger charge is -2.07.